The summed E-state index contributed by atoms with van der Waals surface area (Å²) in [5, 5.41) is 16.3. The molecule has 3 N–H and O–H groups in total. The van der Waals surface area contributed by atoms with Crippen molar-refractivity contribution in [1.29, 1.82) is 0 Å². The summed E-state index contributed by atoms with van der Waals surface area (Å²) in [7, 11) is 0. The van der Waals surface area contributed by atoms with Gasteiger partial charge < -0.3 is 15.7 Å². The van der Waals surface area contributed by atoms with Gasteiger partial charge in [0.15, 0.2) is 0 Å². The Labute approximate surface area is 160 Å². The number of anilines is 1. The summed E-state index contributed by atoms with van der Waals surface area (Å²) in [6, 6.07) is 9.35. The minimum Gasteiger partial charge on any atom is -0.480 e. The second-order valence-corrected chi connectivity index (χ2v) is 7.72. The zero-order valence-corrected chi connectivity index (χ0v) is 15.9. The van der Waals surface area contributed by atoms with Gasteiger partial charge in [-0.25, -0.2) is 4.79 Å². The summed E-state index contributed by atoms with van der Waals surface area (Å²) in [6.07, 6.45) is 1.03. The average molecular weight is 393 g/mol. The van der Waals surface area contributed by atoms with Crippen LogP contribution in [0.3, 0.4) is 0 Å². The summed E-state index contributed by atoms with van der Waals surface area (Å²) in [5.74, 6) is -1.32. The van der Waals surface area contributed by atoms with E-state index in [1.165, 1.54) is 11.8 Å². The van der Waals surface area contributed by atoms with Crippen molar-refractivity contribution in [2.45, 2.75) is 30.0 Å². The molecule has 0 saturated carbocycles. The van der Waals surface area contributed by atoms with Crippen LogP contribution in [0.4, 0.5) is 5.69 Å². The molecule has 0 spiro atoms. The first kappa shape index (κ1) is 20.0. The maximum Gasteiger partial charge on any atom is 0.326 e. The van der Waals surface area contributed by atoms with E-state index in [0.717, 1.165) is 4.21 Å². The number of nitrogens with one attached hydrogen (secondary N) is 2. The number of rotatable bonds is 9. The van der Waals surface area contributed by atoms with Crippen LogP contribution in [0, 0.1) is 0 Å². The van der Waals surface area contributed by atoms with Gasteiger partial charge in [0.05, 0.1) is 9.96 Å². The Morgan fingerprint density at radius 1 is 1.19 bits per heavy atom. The summed E-state index contributed by atoms with van der Waals surface area (Å²) >= 11 is 3.05. The van der Waals surface area contributed by atoms with Crippen molar-refractivity contribution in [3.05, 3.63) is 47.3 Å². The molecule has 26 heavy (non-hydrogen) atoms. The molecule has 6 nitrogen and oxygen atoms in total. The monoisotopic (exact) mass is 392 g/mol. The molecule has 1 unspecified atom stereocenters. The van der Waals surface area contributed by atoms with E-state index in [0.29, 0.717) is 29.8 Å². The lowest BCUT2D eigenvalue weighted by atomic mass is 10.1. The predicted molar refractivity (Wildman–Crippen MR) is 104 cm³/mol. The van der Waals surface area contributed by atoms with Crippen molar-refractivity contribution in [2.24, 2.45) is 0 Å². The van der Waals surface area contributed by atoms with E-state index >= 15 is 0 Å². The lowest BCUT2D eigenvalue weighted by molar-refractivity contribution is -0.139. The molecule has 0 aliphatic rings. The maximum absolute atomic E-state index is 12.1. The van der Waals surface area contributed by atoms with Crippen LogP contribution in [0.5, 0.6) is 0 Å². The molecule has 8 heteroatoms. The first-order chi connectivity index (χ1) is 12.5. The Hall–Kier alpha value is -2.32. The summed E-state index contributed by atoms with van der Waals surface area (Å²) in [4.78, 5) is 35.2. The van der Waals surface area contributed by atoms with E-state index in [1.807, 2.05) is 24.4 Å². The van der Waals surface area contributed by atoms with Gasteiger partial charge in [-0.3, -0.25) is 9.59 Å². The quantitative estimate of drug-likeness (QED) is 0.568. The van der Waals surface area contributed by atoms with Gasteiger partial charge in [-0.05, 0) is 42.1 Å². The second kappa shape index (κ2) is 9.98. The average Bonchev–Trinajstić information content (AvgIpc) is 3.13. The zero-order valence-electron chi connectivity index (χ0n) is 14.2. The summed E-state index contributed by atoms with van der Waals surface area (Å²) in [5.41, 5.74) is 0.931. The highest BCUT2D eigenvalue weighted by atomic mass is 32.2. The van der Waals surface area contributed by atoms with Crippen LogP contribution in [0.25, 0.3) is 0 Å². The van der Waals surface area contributed by atoms with Crippen LogP contribution in [-0.4, -0.2) is 34.7 Å². The van der Waals surface area contributed by atoms with Crippen LogP contribution >= 0.6 is 23.1 Å². The van der Waals surface area contributed by atoms with Crippen LogP contribution in [0.2, 0.25) is 0 Å². The molecule has 2 amide bonds. The fourth-order valence-corrected chi connectivity index (χ4v) is 3.76. The summed E-state index contributed by atoms with van der Waals surface area (Å²) < 4.78 is 1.08. The smallest absolute Gasteiger partial charge is 0.326 e. The highest BCUT2D eigenvalue weighted by Gasteiger charge is 2.19. The Balaban J connectivity index is 1.87. The molecule has 0 fully saturated rings. The van der Waals surface area contributed by atoms with E-state index in [2.05, 4.69) is 10.6 Å². The van der Waals surface area contributed by atoms with Crippen molar-refractivity contribution in [2.75, 3.05) is 11.1 Å². The molecule has 1 heterocycles. The minimum atomic E-state index is -1.05. The first-order valence-electron chi connectivity index (χ1n) is 8.09. The molecular formula is C18H20N2O4S2. The number of hydrogen-bond acceptors (Lipinski definition) is 5. The van der Waals surface area contributed by atoms with Gasteiger partial charge in [-0.1, -0.05) is 19.4 Å². The maximum atomic E-state index is 12.1. The zero-order chi connectivity index (χ0) is 18.9. The first-order valence-corrected chi connectivity index (χ1v) is 9.96. The van der Waals surface area contributed by atoms with Crippen LogP contribution < -0.4 is 10.6 Å². The Morgan fingerprint density at radius 2 is 1.92 bits per heavy atom. The van der Waals surface area contributed by atoms with Crippen molar-refractivity contribution < 1.29 is 19.5 Å². The SMILES string of the molecule is CCCC(NC(=O)c1ccc(NC(=O)CSc2cccs2)cc1)C(=O)O. The molecule has 1 aromatic heterocycles. The molecule has 2 aromatic rings. The van der Waals surface area contributed by atoms with E-state index in [-0.39, 0.29) is 5.91 Å². The molecule has 138 valence electrons. The Kier molecular flexibility index (Phi) is 7.68. The molecular weight excluding hydrogens is 372 g/mol. The number of amides is 2. The molecule has 0 aliphatic carbocycles. The number of benzene rings is 1. The normalized spacial score (nSPS) is 11.6. The van der Waals surface area contributed by atoms with E-state index < -0.39 is 17.9 Å². The van der Waals surface area contributed by atoms with Gasteiger partial charge >= 0.3 is 5.97 Å². The van der Waals surface area contributed by atoms with Gasteiger partial charge in [0.2, 0.25) is 5.91 Å². The van der Waals surface area contributed by atoms with E-state index in [4.69, 9.17) is 5.11 Å². The van der Waals surface area contributed by atoms with Crippen LogP contribution in [-0.2, 0) is 9.59 Å². The Bertz CT molecular complexity index is 745. The van der Waals surface area contributed by atoms with Crippen LogP contribution in [0.15, 0.2) is 46.0 Å². The van der Waals surface area contributed by atoms with E-state index in [1.54, 1.807) is 35.6 Å². The van der Waals surface area contributed by atoms with Crippen LogP contribution in [0.1, 0.15) is 30.1 Å². The van der Waals surface area contributed by atoms with Crippen molar-refractivity contribution in [3.63, 3.8) is 0 Å². The third-order valence-electron chi connectivity index (χ3n) is 3.45. The lowest BCUT2D eigenvalue weighted by Crippen LogP contribution is -2.40. The van der Waals surface area contributed by atoms with Gasteiger partial charge in [-0.2, -0.15) is 0 Å². The highest BCUT2D eigenvalue weighted by Crippen LogP contribution is 2.23. The third-order valence-corrected chi connectivity index (χ3v) is 5.58. The predicted octanol–water partition coefficient (Wildman–Crippen LogP) is 3.46. The molecule has 1 aromatic carbocycles. The highest BCUT2D eigenvalue weighted by molar-refractivity contribution is 8.01. The van der Waals surface area contributed by atoms with E-state index in [9.17, 15) is 14.4 Å². The number of thioether (sulfide) groups is 1. The Morgan fingerprint density at radius 3 is 2.50 bits per heavy atom. The molecule has 1 atom stereocenters. The lowest BCUT2D eigenvalue weighted by Gasteiger charge is -2.13. The number of carboxylic acid groups (broad SMARTS) is 1. The molecule has 0 bridgehead atoms. The fourth-order valence-electron chi connectivity index (χ4n) is 2.17. The number of aliphatic carboxylic acids is 1. The molecule has 0 aliphatic heterocycles. The van der Waals surface area contributed by atoms with Gasteiger partial charge in [0.25, 0.3) is 5.91 Å². The minimum absolute atomic E-state index is 0.130. The fraction of sp³-hybridized carbons (Fsp3) is 0.278. The van der Waals surface area contributed by atoms with Crippen molar-refractivity contribution >= 4 is 46.6 Å². The number of carboxylic acids is 1. The number of carbonyl (C=O) groups is 3. The largest absolute Gasteiger partial charge is 0.480 e. The number of carbonyl (C=O) groups excluding carboxylic acids is 2. The number of thiophene rings is 1. The van der Waals surface area contributed by atoms with Crippen molar-refractivity contribution in [3.8, 4) is 0 Å². The topological polar surface area (TPSA) is 95.5 Å². The van der Waals surface area contributed by atoms with Gasteiger partial charge in [0.1, 0.15) is 6.04 Å². The number of hydrogen-bond donors (Lipinski definition) is 3. The summed E-state index contributed by atoms with van der Waals surface area (Å²) in [6.45, 7) is 1.86. The molecule has 0 radical (unpaired) electrons. The molecule has 2 rings (SSSR count). The standard InChI is InChI=1S/C18H20N2O4S2/c1-2-4-14(18(23)24)20-17(22)12-6-8-13(9-7-12)19-15(21)11-26-16-5-3-10-25-16/h3,5-10,14H,2,4,11H2,1H3,(H,19,21)(H,20,22)(H,23,24). The third kappa shape index (κ3) is 6.20. The van der Waals surface area contributed by atoms with Crippen molar-refractivity contribution in [1.82, 2.24) is 5.32 Å². The second-order valence-electron chi connectivity index (χ2n) is 5.50. The van der Waals surface area contributed by atoms with Gasteiger partial charge in [0, 0.05) is 11.3 Å². The molecule has 0 saturated heterocycles. The van der Waals surface area contributed by atoms with Gasteiger partial charge in [-0.15, -0.1) is 23.1 Å².